The Morgan fingerprint density at radius 3 is 2.50 bits per heavy atom. The molecule has 4 heteroatoms. The molecular formula is C12H23N3O. The van der Waals surface area contributed by atoms with Gasteiger partial charge >= 0.3 is 0 Å². The maximum absolute atomic E-state index is 6.30. The highest BCUT2D eigenvalue weighted by molar-refractivity contribution is 5.28. The van der Waals surface area contributed by atoms with Gasteiger partial charge in [0.05, 0.1) is 25.0 Å². The number of nitrogens with zero attached hydrogens (tertiary/aromatic N) is 2. The van der Waals surface area contributed by atoms with E-state index in [0.29, 0.717) is 11.8 Å². The summed E-state index contributed by atoms with van der Waals surface area (Å²) in [5, 5.41) is 4.28. The van der Waals surface area contributed by atoms with Gasteiger partial charge < -0.3 is 10.5 Å². The van der Waals surface area contributed by atoms with E-state index in [9.17, 15) is 0 Å². The zero-order chi connectivity index (χ0) is 12.3. The number of aromatic nitrogens is 2. The molecule has 1 heterocycles. The molecule has 2 atom stereocenters. The SMILES string of the molecule is CCn1ncc(OC)c1C(N)C(C)C(C)C. The number of aryl methyl sites for hydroxylation is 1. The summed E-state index contributed by atoms with van der Waals surface area (Å²) in [6.07, 6.45) is 1.74. The third kappa shape index (κ3) is 2.38. The van der Waals surface area contributed by atoms with Crippen LogP contribution in [0.1, 0.15) is 39.4 Å². The maximum atomic E-state index is 6.30. The Morgan fingerprint density at radius 2 is 2.06 bits per heavy atom. The van der Waals surface area contributed by atoms with Crippen molar-refractivity contribution in [2.45, 2.75) is 40.3 Å². The van der Waals surface area contributed by atoms with E-state index >= 15 is 0 Å². The number of rotatable bonds is 5. The van der Waals surface area contributed by atoms with Gasteiger partial charge in [-0.1, -0.05) is 20.8 Å². The van der Waals surface area contributed by atoms with E-state index in [2.05, 4.69) is 32.8 Å². The topological polar surface area (TPSA) is 53.1 Å². The monoisotopic (exact) mass is 225 g/mol. The second-order valence-electron chi connectivity index (χ2n) is 4.54. The first-order valence-electron chi connectivity index (χ1n) is 5.88. The summed E-state index contributed by atoms with van der Waals surface area (Å²) < 4.78 is 7.23. The van der Waals surface area contributed by atoms with Gasteiger partial charge in [-0.2, -0.15) is 5.10 Å². The molecule has 0 aliphatic carbocycles. The highest BCUT2D eigenvalue weighted by atomic mass is 16.5. The summed E-state index contributed by atoms with van der Waals surface area (Å²) in [5.41, 5.74) is 7.30. The zero-order valence-electron chi connectivity index (χ0n) is 10.9. The fourth-order valence-electron chi connectivity index (χ4n) is 1.79. The van der Waals surface area contributed by atoms with Crippen molar-refractivity contribution in [1.82, 2.24) is 9.78 Å². The highest BCUT2D eigenvalue weighted by Crippen LogP contribution is 2.31. The van der Waals surface area contributed by atoms with Crippen molar-refractivity contribution >= 4 is 0 Å². The minimum Gasteiger partial charge on any atom is -0.493 e. The molecule has 0 radical (unpaired) electrons. The van der Waals surface area contributed by atoms with Crippen molar-refractivity contribution in [1.29, 1.82) is 0 Å². The molecule has 0 fully saturated rings. The Kier molecular flexibility index (Phi) is 4.35. The van der Waals surface area contributed by atoms with Crippen LogP contribution in [0.15, 0.2) is 6.20 Å². The predicted molar refractivity (Wildman–Crippen MR) is 65.4 cm³/mol. The molecule has 1 rings (SSSR count). The van der Waals surface area contributed by atoms with Crippen LogP contribution in [-0.4, -0.2) is 16.9 Å². The molecule has 4 nitrogen and oxygen atoms in total. The fraction of sp³-hybridized carbons (Fsp3) is 0.750. The third-order valence-corrected chi connectivity index (χ3v) is 3.30. The molecule has 0 saturated heterocycles. The molecule has 0 spiro atoms. The Morgan fingerprint density at radius 1 is 1.44 bits per heavy atom. The van der Waals surface area contributed by atoms with Gasteiger partial charge in [0.25, 0.3) is 0 Å². The zero-order valence-corrected chi connectivity index (χ0v) is 10.9. The van der Waals surface area contributed by atoms with Gasteiger partial charge in [0, 0.05) is 6.54 Å². The molecule has 92 valence electrons. The molecule has 2 unspecified atom stereocenters. The van der Waals surface area contributed by atoms with Crippen molar-refractivity contribution in [3.05, 3.63) is 11.9 Å². The smallest absolute Gasteiger partial charge is 0.161 e. The molecule has 16 heavy (non-hydrogen) atoms. The summed E-state index contributed by atoms with van der Waals surface area (Å²) in [6, 6.07) is -0.0302. The molecule has 1 aromatic heterocycles. The average Bonchev–Trinajstić information content (AvgIpc) is 2.69. The molecule has 0 aliphatic heterocycles. The van der Waals surface area contributed by atoms with Crippen molar-refractivity contribution in [3.8, 4) is 5.75 Å². The molecule has 1 aromatic rings. The Labute approximate surface area is 97.8 Å². The lowest BCUT2D eigenvalue weighted by Crippen LogP contribution is -2.26. The summed E-state index contributed by atoms with van der Waals surface area (Å²) in [4.78, 5) is 0. The summed E-state index contributed by atoms with van der Waals surface area (Å²) >= 11 is 0. The fourth-order valence-corrected chi connectivity index (χ4v) is 1.79. The van der Waals surface area contributed by atoms with Gasteiger partial charge in [0.1, 0.15) is 0 Å². The number of ether oxygens (including phenoxy) is 1. The summed E-state index contributed by atoms with van der Waals surface area (Å²) in [6.45, 7) is 9.41. The molecule has 0 amide bonds. The van der Waals surface area contributed by atoms with E-state index in [1.807, 2.05) is 4.68 Å². The molecule has 0 aromatic carbocycles. The molecule has 0 bridgehead atoms. The lowest BCUT2D eigenvalue weighted by atomic mass is 9.89. The molecule has 0 aliphatic rings. The van der Waals surface area contributed by atoms with Crippen LogP contribution in [0, 0.1) is 11.8 Å². The van der Waals surface area contributed by atoms with Crippen molar-refractivity contribution in [2.24, 2.45) is 17.6 Å². The van der Waals surface area contributed by atoms with Crippen LogP contribution in [0.5, 0.6) is 5.75 Å². The van der Waals surface area contributed by atoms with Crippen LogP contribution < -0.4 is 10.5 Å². The lowest BCUT2D eigenvalue weighted by Gasteiger charge is -2.24. The Balaban J connectivity index is 3.04. The van der Waals surface area contributed by atoms with E-state index in [-0.39, 0.29) is 6.04 Å². The van der Waals surface area contributed by atoms with Gasteiger partial charge in [-0.05, 0) is 18.8 Å². The second-order valence-corrected chi connectivity index (χ2v) is 4.54. The predicted octanol–water partition coefficient (Wildman–Crippen LogP) is 2.20. The first kappa shape index (κ1) is 13.0. The van der Waals surface area contributed by atoms with Crippen LogP contribution in [0.25, 0.3) is 0 Å². The third-order valence-electron chi connectivity index (χ3n) is 3.30. The van der Waals surface area contributed by atoms with Gasteiger partial charge in [-0.3, -0.25) is 4.68 Å². The van der Waals surface area contributed by atoms with Gasteiger partial charge in [-0.25, -0.2) is 0 Å². The number of hydrogen-bond acceptors (Lipinski definition) is 3. The number of hydrogen-bond donors (Lipinski definition) is 1. The van der Waals surface area contributed by atoms with Gasteiger partial charge in [0.15, 0.2) is 5.75 Å². The van der Waals surface area contributed by atoms with Crippen molar-refractivity contribution in [3.63, 3.8) is 0 Å². The summed E-state index contributed by atoms with van der Waals surface area (Å²) in [7, 11) is 1.66. The number of nitrogens with two attached hydrogens (primary N) is 1. The Hall–Kier alpha value is -1.03. The van der Waals surface area contributed by atoms with Crippen molar-refractivity contribution < 1.29 is 4.74 Å². The Bertz CT molecular complexity index is 312. The first-order chi connectivity index (χ1) is 7.52. The minimum absolute atomic E-state index is 0.0302. The molecule has 2 N–H and O–H groups in total. The minimum atomic E-state index is -0.0302. The van der Waals surface area contributed by atoms with Crippen molar-refractivity contribution in [2.75, 3.05) is 7.11 Å². The molecular weight excluding hydrogens is 202 g/mol. The van der Waals surface area contributed by atoms with Crippen LogP contribution >= 0.6 is 0 Å². The van der Waals surface area contributed by atoms with E-state index in [1.54, 1.807) is 13.3 Å². The number of methoxy groups -OCH3 is 1. The van der Waals surface area contributed by atoms with E-state index in [0.717, 1.165) is 18.0 Å². The van der Waals surface area contributed by atoms with Crippen LogP contribution in [-0.2, 0) is 6.54 Å². The second kappa shape index (κ2) is 5.34. The first-order valence-corrected chi connectivity index (χ1v) is 5.88. The summed E-state index contributed by atoms with van der Waals surface area (Å²) in [5.74, 6) is 1.73. The standard InChI is InChI=1S/C12H23N3O/c1-6-15-12(10(16-5)7-14-15)11(13)9(4)8(2)3/h7-9,11H,6,13H2,1-5H3. The quantitative estimate of drug-likeness (QED) is 0.835. The average molecular weight is 225 g/mol. The normalized spacial score (nSPS) is 15.2. The van der Waals surface area contributed by atoms with E-state index < -0.39 is 0 Å². The lowest BCUT2D eigenvalue weighted by molar-refractivity contribution is 0.324. The van der Waals surface area contributed by atoms with Crippen LogP contribution in [0.4, 0.5) is 0 Å². The van der Waals surface area contributed by atoms with Crippen LogP contribution in [0.2, 0.25) is 0 Å². The molecule has 0 saturated carbocycles. The maximum Gasteiger partial charge on any atom is 0.161 e. The van der Waals surface area contributed by atoms with Gasteiger partial charge in [0.2, 0.25) is 0 Å². The van der Waals surface area contributed by atoms with E-state index in [1.165, 1.54) is 0 Å². The highest BCUT2D eigenvalue weighted by Gasteiger charge is 2.25. The van der Waals surface area contributed by atoms with Crippen LogP contribution in [0.3, 0.4) is 0 Å². The largest absolute Gasteiger partial charge is 0.493 e. The van der Waals surface area contributed by atoms with E-state index in [4.69, 9.17) is 10.5 Å². The van der Waals surface area contributed by atoms with Gasteiger partial charge in [-0.15, -0.1) is 0 Å².